The van der Waals surface area contributed by atoms with Gasteiger partial charge in [0.15, 0.2) is 5.82 Å². The molecule has 2 unspecified atom stereocenters. The van der Waals surface area contributed by atoms with Crippen molar-refractivity contribution in [2.24, 2.45) is 12.8 Å². The molecule has 5 aromatic rings. The van der Waals surface area contributed by atoms with Crippen LogP contribution in [0, 0.1) is 11.8 Å². The number of rotatable bonds is 6. The Kier molecular flexibility index (Phi) is 7.69. The third-order valence-corrected chi connectivity index (χ3v) is 8.06. The molecule has 0 bridgehead atoms. The molecule has 0 aliphatic carbocycles. The summed E-state index contributed by atoms with van der Waals surface area (Å²) in [4.78, 5) is 32.7. The molecule has 4 heterocycles. The van der Waals surface area contributed by atoms with E-state index >= 15 is 0 Å². The van der Waals surface area contributed by atoms with Gasteiger partial charge in [0.25, 0.3) is 11.5 Å². The van der Waals surface area contributed by atoms with Crippen LogP contribution in [0.4, 0.5) is 11.6 Å². The molecule has 222 valence electrons. The van der Waals surface area contributed by atoms with Crippen LogP contribution in [-0.2, 0) is 7.05 Å². The van der Waals surface area contributed by atoms with E-state index in [0.29, 0.717) is 45.9 Å². The lowest BCUT2D eigenvalue weighted by Crippen LogP contribution is -2.34. The topological polar surface area (TPSA) is 164 Å². The first-order chi connectivity index (χ1) is 21.2. The number of nitrogens with one attached hydrogen (secondary N) is 2. The summed E-state index contributed by atoms with van der Waals surface area (Å²) >= 11 is 1.46. The molecular formula is C31H30N10O2S. The number of nitrogens with zero attached hydrogens (tertiary/aromatic N) is 6. The lowest BCUT2D eigenvalue weighted by Gasteiger charge is -2.20. The van der Waals surface area contributed by atoms with Gasteiger partial charge in [-0.25, -0.2) is 9.67 Å². The van der Waals surface area contributed by atoms with Gasteiger partial charge in [-0.1, -0.05) is 47.9 Å². The van der Waals surface area contributed by atoms with E-state index in [2.05, 4.69) is 32.7 Å². The zero-order valence-corrected chi connectivity index (χ0v) is 25.1. The number of benzene rings is 2. The maximum atomic E-state index is 14.3. The highest BCUT2D eigenvalue weighted by atomic mass is 32.2. The number of anilines is 2. The highest BCUT2D eigenvalue weighted by Crippen LogP contribution is 2.27. The minimum Gasteiger partial charge on any atom is -0.381 e. The van der Waals surface area contributed by atoms with Crippen molar-refractivity contribution in [3.8, 4) is 17.5 Å². The van der Waals surface area contributed by atoms with Crippen LogP contribution >= 0.6 is 11.8 Å². The van der Waals surface area contributed by atoms with Gasteiger partial charge in [-0.3, -0.25) is 18.8 Å². The van der Waals surface area contributed by atoms with E-state index in [1.54, 1.807) is 42.2 Å². The molecule has 44 heavy (non-hydrogen) atoms. The highest BCUT2D eigenvalue weighted by molar-refractivity contribution is 7.99. The normalized spacial score (nSPS) is 13.5. The summed E-state index contributed by atoms with van der Waals surface area (Å²) in [5, 5.41) is 15.7. The molecule has 0 spiro atoms. The van der Waals surface area contributed by atoms with Crippen molar-refractivity contribution < 1.29 is 4.79 Å². The molecule has 13 heteroatoms. The number of fused-ring (bicyclic) bond motifs is 2. The summed E-state index contributed by atoms with van der Waals surface area (Å²) in [7, 11) is 1.83. The molecular weight excluding hydrogens is 576 g/mol. The molecule has 1 amide bonds. The van der Waals surface area contributed by atoms with Crippen LogP contribution in [0.25, 0.3) is 22.8 Å². The largest absolute Gasteiger partial charge is 0.381 e. The van der Waals surface area contributed by atoms with Crippen LogP contribution in [0.1, 0.15) is 47.2 Å². The Bertz CT molecular complexity index is 2050. The Morgan fingerprint density at radius 2 is 1.89 bits per heavy atom. The molecule has 6 N–H and O–H groups in total. The third kappa shape index (κ3) is 5.32. The molecule has 1 aliphatic rings. The van der Waals surface area contributed by atoms with Crippen molar-refractivity contribution in [1.29, 1.82) is 0 Å². The zero-order chi connectivity index (χ0) is 31.0. The molecule has 0 fully saturated rings. The van der Waals surface area contributed by atoms with Crippen LogP contribution in [-0.4, -0.2) is 46.9 Å². The number of hydrogen-bond acceptors (Lipinski definition) is 9. The predicted octanol–water partition coefficient (Wildman–Crippen LogP) is 3.08. The molecule has 12 nitrogen and oxygen atoms in total. The van der Waals surface area contributed by atoms with Gasteiger partial charge in [-0.05, 0) is 44.2 Å². The molecule has 6 rings (SSSR count). The minimum absolute atomic E-state index is 0.0926. The van der Waals surface area contributed by atoms with Crippen molar-refractivity contribution in [2.45, 2.75) is 30.3 Å². The van der Waals surface area contributed by atoms with Crippen molar-refractivity contribution in [2.75, 3.05) is 17.6 Å². The van der Waals surface area contributed by atoms with Gasteiger partial charge in [-0.2, -0.15) is 5.10 Å². The van der Waals surface area contributed by atoms with Crippen molar-refractivity contribution in [3.63, 3.8) is 0 Å². The molecule has 3 aromatic heterocycles. The lowest BCUT2D eigenvalue weighted by atomic mass is 10.1. The second-order valence-electron chi connectivity index (χ2n) is 10.2. The molecule has 2 aromatic carbocycles. The number of para-hydroxylation sites is 1. The second-order valence-corrected chi connectivity index (χ2v) is 11.6. The van der Waals surface area contributed by atoms with E-state index in [9.17, 15) is 9.59 Å². The van der Waals surface area contributed by atoms with Gasteiger partial charge >= 0.3 is 0 Å². The summed E-state index contributed by atoms with van der Waals surface area (Å²) < 4.78 is 4.77. The summed E-state index contributed by atoms with van der Waals surface area (Å²) in [6.45, 7) is 4.21. The molecule has 0 saturated heterocycles. The highest BCUT2D eigenvalue weighted by Gasteiger charge is 2.26. The number of aromatic nitrogens is 6. The Morgan fingerprint density at radius 1 is 1.11 bits per heavy atom. The van der Waals surface area contributed by atoms with Crippen molar-refractivity contribution in [1.82, 2.24) is 34.4 Å². The average molecular weight is 607 g/mol. The van der Waals surface area contributed by atoms with Gasteiger partial charge < -0.3 is 22.1 Å². The Labute approximate surface area is 257 Å². The maximum Gasteiger partial charge on any atom is 0.267 e. The first-order valence-corrected chi connectivity index (χ1v) is 14.8. The fourth-order valence-corrected chi connectivity index (χ4v) is 5.81. The van der Waals surface area contributed by atoms with E-state index in [1.165, 1.54) is 21.0 Å². The van der Waals surface area contributed by atoms with E-state index in [0.717, 1.165) is 5.03 Å². The number of hydrogen-bond donors (Lipinski definition) is 4. The van der Waals surface area contributed by atoms with Crippen molar-refractivity contribution in [3.05, 3.63) is 93.7 Å². The molecule has 0 saturated carbocycles. The maximum absolute atomic E-state index is 14.3. The fraction of sp³-hybridized carbons (Fsp3) is 0.194. The smallest absolute Gasteiger partial charge is 0.267 e. The second kappa shape index (κ2) is 11.8. The lowest BCUT2D eigenvalue weighted by molar-refractivity contribution is 0.0939. The van der Waals surface area contributed by atoms with E-state index in [1.807, 2.05) is 50.4 Å². The first kappa shape index (κ1) is 28.8. The van der Waals surface area contributed by atoms with Crippen molar-refractivity contribution >= 4 is 46.4 Å². The number of aryl methyl sites for hydroxylation is 1. The van der Waals surface area contributed by atoms with E-state index in [-0.39, 0.29) is 22.3 Å². The monoisotopic (exact) mass is 606 g/mol. The van der Waals surface area contributed by atoms with E-state index in [4.69, 9.17) is 16.5 Å². The van der Waals surface area contributed by atoms with Crippen LogP contribution in [0.5, 0.6) is 0 Å². The summed E-state index contributed by atoms with van der Waals surface area (Å²) in [6, 6.07) is 13.8. The fourth-order valence-electron chi connectivity index (χ4n) is 5.03. The molecule has 0 radical (unpaired) electrons. The average Bonchev–Trinajstić information content (AvgIpc) is 3.53. The third-order valence-electron chi connectivity index (χ3n) is 6.99. The molecule has 2 atom stereocenters. The summed E-state index contributed by atoms with van der Waals surface area (Å²) in [6.07, 6.45) is 5.30. The Morgan fingerprint density at radius 3 is 2.66 bits per heavy atom. The van der Waals surface area contributed by atoms with Gasteiger partial charge in [-0.15, -0.1) is 5.10 Å². The van der Waals surface area contributed by atoms with Gasteiger partial charge in [0, 0.05) is 25.4 Å². The first-order valence-electron chi connectivity index (χ1n) is 13.9. The summed E-state index contributed by atoms with van der Waals surface area (Å²) in [5.74, 6) is 6.84. The predicted molar refractivity (Wildman–Crippen MR) is 172 cm³/mol. The van der Waals surface area contributed by atoms with Crippen LogP contribution in [0.15, 0.2) is 70.6 Å². The van der Waals surface area contributed by atoms with E-state index < -0.39 is 11.9 Å². The standard InChI is InChI=1S/C31H30N10O2S/c1-18(36-29(42)25-26(33)38-40-16-8-15-34-28(25)40)27-37-23-12-7-9-20(13-14-21-17-35-39(3)31(21)44-19(2)32)24(23)30(43)41(27)22-10-5-4-6-11-22/h4-12,16-19,34H,15,32H2,1-3H3,(H2,33,38)(H,36,42). The van der Waals surface area contributed by atoms with Gasteiger partial charge in [0.1, 0.15) is 22.2 Å². The van der Waals surface area contributed by atoms with Crippen LogP contribution < -0.4 is 27.7 Å². The van der Waals surface area contributed by atoms with Crippen LogP contribution in [0.3, 0.4) is 0 Å². The number of nitrogen functional groups attached to an aromatic ring is 1. The quantitative estimate of drug-likeness (QED) is 0.129. The van der Waals surface area contributed by atoms with Gasteiger partial charge in [0.05, 0.1) is 39.8 Å². The SMILES string of the molecule is CC(N)Sc1c(C#Cc2cccc3nc(C(C)NC(=O)c4c(N)nn5c4NCC=C5)n(-c4ccccc4)c(=O)c23)cnn1C. The summed E-state index contributed by atoms with van der Waals surface area (Å²) in [5.41, 5.74) is 14.3. The Balaban J connectivity index is 1.45. The number of nitrogens with two attached hydrogens (primary N) is 2. The number of amides is 1. The number of carbonyl (C=O) groups is 1. The van der Waals surface area contributed by atoms with Gasteiger partial charge in [0.2, 0.25) is 0 Å². The van der Waals surface area contributed by atoms with Crippen LogP contribution in [0.2, 0.25) is 0 Å². The minimum atomic E-state index is -0.683. The Hall–Kier alpha value is -5.32. The molecule has 1 aliphatic heterocycles. The zero-order valence-electron chi connectivity index (χ0n) is 24.3. The number of thioether (sulfide) groups is 1. The number of carbonyl (C=O) groups excluding carboxylic acids is 1.